The number of nitrogens with one attached hydrogen (secondary N) is 1. The molecule has 0 spiro atoms. The van der Waals surface area contributed by atoms with Gasteiger partial charge in [-0.25, -0.2) is 14.4 Å². The van der Waals surface area contributed by atoms with Crippen LogP contribution in [-0.2, 0) is 0 Å². The lowest BCUT2D eigenvalue weighted by Gasteiger charge is -2.08. The van der Waals surface area contributed by atoms with Gasteiger partial charge in [0.25, 0.3) is 5.91 Å². The highest BCUT2D eigenvalue weighted by atomic mass is 19.1. The molecule has 0 atom stereocenters. The average molecular weight is 245 g/mol. The summed E-state index contributed by atoms with van der Waals surface area (Å²) in [5.74, 6) is -0.734. The van der Waals surface area contributed by atoms with Crippen LogP contribution >= 0.6 is 0 Å². The zero-order chi connectivity index (χ0) is 13.1. The van der Waals surface area contributed by atoms with E-state index >= 15 is 0 Å². The second-order valence-corrected chi connectivity index (χ2v) is 3.88. The van der Waals surface area contributed by atoms with Crippen molar-refractivity contribution in [1.82, 2.24) is 9.97 Å². The molecule has 0 bridgehead atoms. The van der Waals surface area contributed by atoms with Gasteiger partial charge in [0.15, 0.2) is 0 Å². The quantitative estimate of drug-likeness (QED) is 0.884. The summed E-state index contributed by atoms with van der Waals surface area (Å²) in [5.41, 5.74) is 2.01. The second kappa shape index (κ2) is 4.91. The summed E-state index contributed by atoms with van der Waals surface area (Å²) < 4.78 is 13.0. The van der Waals surface area contributed by atoms with Crippen molar-refractivity contribution in [2.75, 3.05) is 5.32 Å². The van der Waals surface area contributed by atoms with Crippen LogP contribution in [0, 0.1) is 19.7 Å². The molecule has 18 heavy (non-hydrogen) atoms. The number of carbonyl (C=O) groups excluding carboxylic acids is 1. The Labute approximate surface area is 104 Å². The van der Waals surface area contributed by atoms with Gasteiger partial charge >= 0.3 is 0 Å². The maximum absolute atomic E-state index is 13.0. The van der Waals surface area contributed by atoms with E-state index in [0.717, 1.165) is 0 Å². The van der Waals surface area contributed by atoms with Crippen LogP contribution in [0.3, 0.4) is 0 Å². The van der Waals surface area contributed by atoms with Gasteiger partial charge < -0.3 is 5.32 Å². The predicted octanol–water partition coefficient (Wildman–Crippen LogP) is 2.48. The second-order valence-electron chi connectivity index (χ2n) is 3.88. The lowest BCUT2D eigenvalue weighted by atomic mass is 10.1. The van der Waals surface area contributed by atoms with E-state index in [1.807, 2.05) is 0 Å². The molecule has 0 radical (unpaired) electrons. The number of nitrogens with zero attached hydrogens (tertiary/aromatic N) is 2. The lowest BCUT2D eigenvalue weighted by molar-refractivity contribution is 0.102. The van der Waals surface area contributed by atoms with E-state index in [2.05, 4.69) is 15.3 Å². The summed E-state index contributed by atoms with van der Waals surface area (Å²) in [5, 5.41) is 2.62. The van der Waals surface area contributed by atoms with Gasteiger partial charge in [-0.05, 0) is 32.0 Å². The third-order valence-electron chi connectivity index (χ3n) is 2.54. The molecule has 0 saturated heterocycles. The summed E-state index contributed by atoms with van der Waals surface area (Å²) in [6.07, 6.45) is 1.41. The molecule has 0 saturated carbocycles. The Morgan fingerprint density at radius 2 is 1.89 bits per heavy atom. The molecule has 1 heterocycles. The highest BCUT2D eigenvalue weighted by Crippen LogP contribution is 2.14. The molecule has 92 valence electrons. The van der Waals surface area contributed by atoms with Crippen molar-refractivity contribution in [3.63, 3.8) is 0 Å². The molecular formula is C13H12FN3O. The van der Waals surface area contributed by atoms with Gasteiger partial charge in [0, 0.05) is 5.69 Å². The topological polar surface area (TPSA) is 54.9 Å². The zero-order valence-corrected chi connectivity index (χ0v) is 10.1. The average Bonchev–Trinajstić information content (AvgIpc) is 2.28. The number of aryl methyl sites for hydroxylation is 2. The molecule has 5 heteroatoms. The van der Waals surface area contributed by atoms with Gasteiger partial charge in [-0.3, -0.25) is 4.79 Å². The Kier molecular flexibility index (Phi) is 3.32. The normalized spacial score (nSPS) is 10.2. The highest BCUT2D eigenvalue weighted by molar-refractivity contribution is 6.05. The Morgan fingerprint density at radius 3 is 2.50 bits per heavy atom. The molecule has 2 rings (SSSR count). The maximum atomic E-state index is 13.0. The lowest BCUT2D eigenvalue weighted by Crippen LogP contribution is -2.16. The first-order valence-electron chi connectivity index (χ1n) is 5.43. The number of amides is 1. The molecule has 1 aromatic heterocycles. The van der Waals surface area contributed by atoms with E-state index < -0.39 is 5.82 Å². The minimum absolute atomic E-state index is 0.337. The Morgan fingerprint density at radius 1 is 1.22 bits per heavy atom. The van der Waals surface area contributed by atoms with Crippen LogP contribution in [0.2, 0.25) is 0 Å². The van der Waals surface area contributed by atoms with Gasteiger partial charge in [0.05, 0.1) is 17.0 Å². The smallest absolute Gasteiger partial charge is 0.259 e. The van der Waals surface area contributed by atoms with E-state index in [-0.39, 0.29) is 5.91 Å². The van der Waals surface area contributed by atoms with Crippen molar-refractivity contribution in [1.29, 1.82) is 0 Å². The van der Waals surface area contributed by atoms with Gasteiger partial charge in [-0.15, -0.1) is 0 Å². The maximum Gasteiger partial charge on any atom is 0.259 e. The van der Waals surface area contributed by atoms with Crippen LogP contribution < -0.4 is 5.32 Å². The van der Waals surface area contributed by atoms with E-state index in [9.17, 15) is 9.18 Å². The molecule has 0 aliphatic carbocycles. The zero-order valence-electron chi connectivity index (χ0n) is 10.1. The molecule has 2 aromatic rings. The third kappa shape index (κ3) is 2.51. The van der Waals surface area contributed by atoms with Crippen LogP contribution in [0.15, 0.2) is 30.6 Å². The molecule has 1 amide bonds. The van der Waals surface area contributed by atoms with E-state index in [0.29, 0.717) is 22.6 Å². The summed E-state index contributed by atoms with van der Waals surface area (Å²) in [6, 6.07) is 5.73. The number of carbonyl (C=O) groups is 1. The van der Waals surface area contributed by atoms with Gasteiger partial charge in [0.2, 0.25) is 0 Å². The molecule has 0 fully saturated rings. The van der Waals surface area contributed by atoms with Crippen molar-refractivity contribution in [2.45, 2.75) is 13.8 Å². The first-order valence-corrected chi connectivity index (χ1v) is 5.43. The van der Waals surface area contributed by atoms with Crippen LogP contribution in [0.4, 0.5) is 10.1 Å². The number of benzene rings is 1. The predicted molar refractivity (Wildman–Crippen MR) is 65.9 cm³/mol. The summed E-state index contributed by atoms with van der Waals surface area (Å²) in [7, 11) is 0. The summed E-state index contributed by atoms with van der Waals surface area (Å²) in [6.45, 7) is 3.46. The monoisotopic (exact) mass is 245 g/mol. The number of hydrogen-bond donors (Lipinski definition) is 1. The van der Waals surface area contributed by atoms with Crippen molar-refractivity contribution in [2.24, 2.45) is 0 Å². The minimum atomic E-state index is -0.398. The van der Waals surface area contributed by atoms with Crippen molar-refractivity contribution in [3.05, 3.63) is 53.4 Å². The Hall–Kier alpha value is -2.30. The van der Waals surface area contributed by atoms with Crippen LogP contribution in [0.25, 0.3) is 0 Å². The van der Waals surface area contributed by atoms with Crippen molar-refractivity contribution >= 4 is 11.6 Å². The summed E-state index contributed by atoms with van der Waals surface area (Å²) in [4.78, 5) is 20.0. The standard InChI is InChI=1S/C13H12FN3O/c1-8-12(9(2)16-7-15-8)13(18)17-11-5-3-4-10(14)6-11/h3-7H,1-2H3,(H,17,18). The van der Waals surface area contributed by atoms with Gasteiger partial charge in [-0.2, -0.15) is 0 Å². The largest absolute Gasteiger partial charge is 0.322 e. The fraction of sp³-hybridized carbons (Fsp3) is 0.154. The Bertz CT molecular complexity index is 578. The first-order chi connectivity index (χ1) is 8.58. The van der Waals surface area contributed by atoms with Crippen LogP contribution in [0.1, 0.15) is 21.7 Å². The number of aromatic nitrogens is 2. The van der Waals surface area contributed by atoms with Crippen LogP contribution in [0.5, 0.6) is 0 Å². The van der Waals surface area contributed by atoms with E-state index in [1.165, 1.54) is 24.5 Å². The number of hydrogen-bond acceptors (Lipinski definition) is 3. The number of rotatable bonds is 2. The third-order valence-corrected chi connectivity index (χ3v) is 2.54. The first kappa shape index (κ1) is 12.2. The molecular weight excluding hydrogens is 233 g/mol. The molecule has 0 unspecified atom stereocenters. The number of anilines is 1. The SMILES string of the molecule is Cc1ncnc(C)c1C(=O)Nc1cccc(F)c1. The summed E-state index contributed by atoms with van der Waals surface area (Å²) >= 11 is 0. The van der Waals surface area contributed by atoms with Crippen molar-refractivity contribution < 1.29 is 9.18 Å². The van der Waals surface area contributed by atoms with Gasteiger partial charge in [0.1, 0.15) is 12.1 Å². The molecule has 4 nitrogen and oxygen atoms in total. The minimum Gasteiger partial charge on any atom is -0.322 e. The van der Waals surface area contributed by atoms with Crippen molar-refractivity contribution in [3.8, 4) is 0 Å². The number of halogens is 1. The molecule has 0 aliphatic rings. The molecule has 1 aromatic carbocycles. The van der Waals surface area contributed by atoms with E-state index in [1.54, 1.807) is 19.9 Å². The Balaban J connectivity index is 2.28. The highest BCUT2D eigenvalue weighted by Gasteiger charge is 2.14. The van der Waals surface area contributed by atoms with Crippen LogP contribution in [-0.4, -0.2) is 15.9 Å². The molecule has 0 aliphatic heterocycles. The fourth-order valence-electron chi connectivity index (χ4n) is 1.68. The fourth-order valence-corrected chi connectivity index (χ4v) is 1.68. The van der Waals surface area contributed by atoms with Gasteiger partial charge in [-0.1, -0.05) is 6.07 Å². The van der Waals surface area contributed by atoms with E-state index in [4.69, 9.17) is 0 Å². The molecule has 1 N–H and O–H groups in total.